The van der Waals surface area contributed by atoms with Crippen LogP contribution in [-0.2, 0) is 4.79 Å². The topological polar surface area (TPSA) is 35.6 Å². The molecule has 2 rings (SSSR count). The Kier molecular flexibility index (Phi) is 5.01. The van der Waals surface area contributed by atoms with Gasteiger partial charge in [-0.2, -0.15) is 0 Å². The van der Waals surface area contributed by atoms with Crippen molar-refractivity contribution < 1.29 is 4.79 Å². The molecule has 0 spiro atoms. The summed E-state index contributed by atoms with van der Waals surface area (Å²) >= 11 is 0. The van der Waals surface area contributed by atoms with Crippen LogP contribution in [-0.4, -0.2) is 61.0 Å². The Labute approximate surface area is 111 Å². The second kappa shape index (κ2) is 6.53. The normalized spacial score (nSPS) is 21.9. The first kappa shape index (κ1) is 13.8. The van der Waals surface area contributed by atoms with Crippen molar-refractivity contribution in [1.29, 1.82) is 0 Å². The van der Waals surface area contributed by atoms with Crippen molar-refractivity contribution in [3.63, 3.8) is 0 Å². The van der Waals surface area contributed by atoms with Gasteiger partial charge < -0.3 is 10.2 Å². The fraction of sp³-hybridized carbons (Fsp3) is 0.929. The van der Waals surface area contributed by atoms with Crippen molar-refractivity contribution in [2.45, 2.75) is 51.1 Å². The van der Waals surface area contributed by atoms with Crippen molar-refractivity contribution in [3.05, 3.63) is 0 Å². The van der Waals surface area contributed by atoms with Gasteiger partial charge in [0, 0.05) is 31.7 Å². The van der Waals surface area contributed by atoms with Crippen LogP contribution < -0.4 is 5.32 Å². The molecule has 0 atom stereocenters. The highest BCUT2D eigenvalue weighted by molar-refractivity contribution is 5.78. The Morgan fingerprint density at radius 1 is 1.17 bits per heavy atom. The molecule has 1 amide bonds. The van der Waals surface area contributed by atoms with E-state index in [-0.39, 0.29) is 0 Å². The standard InChI is InChI=1S/C14H27N3O/c1-3-17(12-7-5-4-6-8-12)14(18)11-16(2)13-9-15-10-13/h12-13,15H,3-11H2,1-2H3. The summed E-state index contributed by atoms with van der Waals surface area (Å²) in [5.74, 6) is 0.318. The molecule has 0 aromatic carbocycles. The van der Waals surface area contributed by atoms with Gasteiger partial charge in [0.1, 0.15) is 0 Å². The van der Waals surface area contributed by atoms with Gasteiger partial charge in [-0.3, -0.25) is 9.69 Å². The molecule has 0 bridgehead atoms. The summed E-state index contributed by atoms with van der Waals surface area (Å²) in [6, 6.07) is 1.06. The van der Waals surface area contributed by atoms with E-state index in [0.29, 0.717) is 24.5 Å². The van der Waals surface area contributed by atoms with Crippen molar-refractivity contribution in [2.24, 2.45) is 0 Å². The first-order valence-corrected chi connectivity index (χ1v) is 7.42. The largest absolute Gasteiger partial charge is 0.339 e. The minimum absolute atomic E-state index is 0.318. The van der Waals surface area contributed by atoms with E-state index in [1.54, 1.807) is 0 Å². The minimum Gasteiger partial charge on any atom is -0.339 e. The molecule has 18 heavy (non-hydrogen) atoms. The lowest BCUT2D eigenvalue weighted by Crippen LogP contribution is -2.58. The van der Waals surface area contributed by atoms with E-state index in [4.69, 9.17) is 0 Å². The highest BCUT2D eigenvalue weighted by atomic mass is 16.2. The van der Waals surface area contributed by atoms with Crippen LogP contribution in [0.2, 0.25) is 0 Å². The molecule has 2 aliphatic rings. The summed E-state index contributed by atoms with van der Waals surface area (Å²) in [4.78, 5) is 16.7. The van der Waals surface area contributed by atoms with Gasteiger partial charge in [-0.1, -0.05) is 19.3 Å². The summed E-state index contributed by atoms with van der Waals surface area (Å²) < 4.78 is 0. The van der Waals surface area contributed by atoms with E-state index in [2.05, 4.69) is 29.1 Å². The van der Waals surface area contributed by atoms with Gasteiger partial charge in [0.05, 0.1) is 6.54 Å². The molecule has 0 unspecified atom stereocenters. The zero-order chi connectivity index (χ0) is 13.0. The highest BCUT2D eigenvalue weighted by Crippen LogP contribution is 2.22. The molecule has 4 nitrogen and oxygen atoms in total. The van der Waals surface area contributed by atoms with Gasteiger partial charge in [0.25, 0.3) is 0 Å². The second-order valence-electron chi connectivity index (χ2n) is 5.70. The lowest BCUT2D eigenvalue weighted by molar-refractivity contribution is -0.135. The van der Waals surface area contributed by atoms with Crippen molar-refractivity contribution in [2.75, 3.05) is 33.2 Å². The molecule has 1 saturated carbocycles. The number of carbonyl (C=O) groups excluding carboxylic acids is 1. The van der Waals surface area contributed by atoms with Crippen molar-refractivity contribution >= 4 is 5.91 Å². The average Bonchev–Trinajstić information content (AvgIpc) is 2.28. The van der Waals surface area contributed by atoms with E-state index in [0.717, 1.165) is 19.6 Å². The predicted octanol–water partition coefficient (Wildman–Crippen LogP) is 1.07. The number of nitrogens with zero attached hydrogens (tertiary/aromatic N) is 2. The van der Waals surface area contributed by atoms with E-state index >= 15 is 0 Å². The Bertz CT molecular complexity index is 272. The van der Waals surface area contributed by atoms with Crippen LogP contribution in [0, 0.1) is 0 Å². The van der Waals surface area contributed by atoms with Gasteiger partial charge in [-0.05, 0) is 26.8 Å². The van der Waals surface area contributed by atoms with Gasteiger partial charge in [0.15, 0.2) is 0 Å². The van der Waals surface area contributed by atoms with Crippen LogP contribution in [0.4, 0.5) is 0 Å². The summed E-state index contributed by atoms with van der Waals surface area (Å²) in [5, 5.41) is 3.26. The van der Waals surface area contributed by atoms with E-state index in [1.165, 1.54) is 32.1 Å². The molecule has 1 saturated heterocycles. The summed E-state index contributed by atoms with van der Waals surface area (Å²) in [6.45, 7) is 5.60. The SMILES string of the molecule is CCN(C(=O)CN(C)C1CNC1)C1CCCCC1. The number of rotatable bonds is 5. The molecule has 2 fully saturated rings. The maximum absolute atomic E-state index is 12.4. The van der Waals surface area contributed by atoms with E-state index < -0.39 is 0 Å². The van der Waals surface area contributed by atoms with Gasteiger partial charge in [0.2, 0.25) is 5.91 Å². The highest BCUT2D eigenvalue weighted by Gasteiger charge is 2.28. The van der Waals surface area contributed by atoms with E-state index in [1.807, 2.05) is 0 Å². The lowest BCUT2D eigenvalue weighted by Gasteiger charge is -2.38. The molecule has 1 heterocycles. The molecule has 1 aliphatic heterocycles. The quantitative estimate of drug-likeness (QED) is 0.796. The second-order valence-corrected chi connectivity index (χ2v) is 5.70. The molecule has 1 aliphatic carbocycles. The van der Waals surface area contributed by atoms with Crippen molar-refractivity contribution in [3.8, 4) is 0 Å². The monoisotopic (exact) mass is 253 g/mol. The Balaban J connectivity index is 1.83. The zero-order valence-corrected chi connectivity index (χ0v) is 11.8. The third-order valence-electron chi connectivity index (χ3n) is 4.44. The molecule has 0 aromatic rings. The first-order valence-electron chi connectivity index (χ1n) is 7.42. The molecule has 0 aromatic heterocycles. The number of hydrogen-bond acceptors (Lipinski definition) is 3. The van der Waals surface area contributed by atoms with Gasteiger partial charge in [-0.15, -0.1) is 0 Å². The number of likely N-dealkylation sites (N-methyl/N-ethyl adjacent to an activating group) is 2. The Hall–Kier alpha value is -0.610. The zero-order valence-electron chi connectivity index (χ0n) is 11.8. The number of hydrogen-bond donors (Lipinski definition) is 1. The summed E-state index contributed by atoms with van der Waals surface area (Å²) in [5.41, 5.74) is 0. The molecule has 104 valence electrons. The Morgan fingerprint density at radius 2 is 1.83 bits per heavy atom. The fourth-order valence-corrected chi connectivity index (χ4v) is 3.05. The molecule has 4 heteroatoms. The van der Waals surface area contributed by atoms with Crippen LogP contribution in [0.5, 0.6) is 0 Å². The van der Waals surface area contributed by atoms with E-state index in [9.17, 15) is 4.79 Å². The molecule has 1 N–H and O–H groups in total. The van der Waals surface area contributed by atoms with Gasteiger partial charge >= 0.3 is 0 Å². The fourth-order valence-electron chi connectivity index (χ4n) is 3.05. The molecule has 0 radical (unpaired) electrons. The van der Waals surface area contributed by atoms with Crippen LogP contribution in [0.25, 0.3) is 0 Å². The number of amides is 1. The summed E-state index contributed by atoms with van der Waals surface area (Å²) in [7, 11) is 2.07. The average molecular weight is 253 g/mol. The number of nitrogens with one attached hydrogen (secondary N) is 1. The first-order chi connectivity index (χ1) is 8.72. The van der Waals surface area contributed by atoms with Crippen LogP contribution in [0.1, 0.15) is 39.0 Å². The lowest BCUT2D eigenvalue weighted by atomic mass is 9.94. The molecular weight excluding hydrogens is 226 g/mol. The third-order valence-corrected chi connectivity index (χ3v) is 4.44. The van der Waals surface area contributed by atoms with Crippen LogP contribution in [0.15, 0.2) is 0 Å². The molecular formula is C14H27N3O. The predicted molar refractivity (Wildman–Crippen MR) is 73.5 cm³/mol. The number of carbonyl (C=O) groups is 1. The van der Waals surface area contributed by atoms with Crippen LogP contribution >= 0.6 is 0 Å². The third kappa shape index (κ3) is 3.23. The summed E-state index contributed by atoms with van der Waals surface area (Å²) in [6.07, 6.45) is 6.33. The van der Waals surface area contributed by atoms with Crippen LogP contribution in [0.3, 0.4) is 0 Å². The smallest absolute Gasteiger partial charge is 0.236 e. The minimum atomic E-state index is 0.318. The van der Waals surface area contributed by atoms with Crippen molar-refractivity contribution in [1.82, 2.24) is 15.1 Å². The Morgan fingerprint density at radius 3 is 2.33 bits per heavy atom. The maximum atomic E-state index is 12.4. The van der Waals surface area contributed by atoms with Gasteiger partial charge in [-0.25, -0.2) is 0 Å². The maximum Gasteiger partial charge on any atom is 0.236 e.